The van der Waals surface area contributed by atoms with E-state index in [1.54, 1.807) is 19.2 Å². The maximum absolute atomic E-state index is 13.5. The molecule has 7 rings (SSSR count). The van der Waals surface area contributed by atoms with Crippen LogP contribution in [0.4, 0.5) is 0 Å². The summed E-state index contributed by atoms with van der Waals surface area (Å²) in [6, 6.07) is 11.8. The second-order valence-corrected chi connectivity index (χ2v) is 10.2. The molecule has 0 atom stereocenters. The molecule has 0 bridgehead atoms. The van der Waals surface area contributed by atoms with Crippen LogP contribution in [0.3, 0.4) is 0 Å². The Morgan fingerprint density at radius 1 is 1.18 bits per heavy atom. The summed E-state index contributed by atoms with van der Waals surface area (Å²) in [5, 5.41) is 15.0. The van der Waals surface area contributed by atoms with Gasteiger partial charge in [-0.2, -0.15) is 5.21 Å². The first-order chi connectivity index (χ1) is 18.0. The summed E-state index contributed by atoms with van der Waals surface area (Å²) in [5.41, 5.74) is 2.31. The quantitative estimate of drug-likeness (QED) is 0.397. The number of methoxy groups -OCH3 is 1. The Morgan fingerprint density at radius 2 is 2.00 bits per heavy atom. The van der Waals surface area contributed by atoms with Gasteiger partial charge in [0.1, 0.15) is 17.1 Å². The van der Waals surface area contributed by atoms with Crippen LogP contribution in [-0.2, 0) is 0 Å². The average Bonchev–Trinajstić information content (AvgIpc) is 3.43. The predicted octanol–water partition coefficient (Wildman–Crippen LogP) is 0.922. The summed E-state index contributed by atoms with van der Waals surface area (Å²) < 4.78 is 14.3. The molecule has 1 spiro atoms. The van der Waals surface area contributed by atoms with Gasteiger partial charge in [-0.1, -0.05) is 0 Å². The van der Waals surface area contributed by atoms with Crippen LogP contribution in [0.5, 0.6) is 11.5 Å². The Balaban J connectivity index is 0.00000154. The molecule has 2 aromatic carbocycles. The summed E-state index contributed by atoms with van der Waals surface area (Å²) in [4.78, 5) is 28.5. The van der Waals surface area contributed by atoms with Gasteiger partial charge >= 0.3 is 29.6 Å². The average molecular weight is 523 g/mol. The number of hydrogen-bond acceptors (Lipinski definition) is 7. The van der Waals surface area contributed by atoms with Gasteiger partial charge < -0.3 is 20.4 Å². The third kappa shape index (κ3) is 4.20. The first-order valence-corrected chi connectivity index (χ1v) is 12.6. The van der Waals surface area contributed by atoms with E-state index in [1.807, 2.05) is 23.1 Å². The van der Waals surface area contributed by atoms with Crippen molar-refractivity contribution in [3.05, 3.63) is 53.7 Å². The zero-order chi connectivity index (χ0) is 25.1. The van der Waals surface area contributed by atoms with Crippen molar-refractivity contribution in [1.82, 2.24) is 30.1 Å². The third-order valence-electron chi connectivity index (χ3n) is 7.86. The second kappa shape index (κ2) is 9.52. The van der Waals surface area contributed by atoms with Gasteiger partial charge in [-0.3, -0.25) is 9.59 Å². The molecule has 190 valence electrons. The maximum Gasteiger partial charge on any atom is 1.00 e. The first-order valence-electron chi connectivity index (χ1n) is 12.6. The fourth-order valence-electron chi connectivity index (χ4n) is 5.69. The van der Waals surface area contributed by atoms with Gasteiger partial charge in [-0.25, -0.2) is 0 Å². The first kappa shape index (κ1) is 25.1. The minimum Gasteiger partial charge on any atom is -1.00 e. The molecule has 38 heavy (non-hydrogen) atoms. The smallest absolute Gasteiger partial charge is 1.00 e. The standard InChI is InChI=1S/C27H26N6O4.Na.H/c1-36-24-14-17(13-21-19(24)6-9-33(21)18-3-4-18)26(35)32-10-7-27(8-11-32)15-22(34)20-12-16(2-5-23(20)37-27)25-28-30-31-29-25;;/h2,5-6,9,12-14,18H,3-4,7-8,10-11,15H2,1H3,(H,28,29,30,31);;/q;+1;-1. The number of carbonyl (C=O) groups excluding carboxylic acids is 2. The number of rotatable bonds is 4. The molecule has 0 unspecified atom stereocenters. The zero-order valence-electron chi connectivity index (χ0n) is 22.4. The van der Waals surface area contributed by atoms with Crippen LogP contribution in [-0.4, -0.2) is 67.6 Å². The van der Waals surface area contributed by atoms with E-state index in [4.69, 9.17) is 9.47 Å². The number of fused-ring (bicyclic) bond motifs is 2. The molecule has 1 saturated carbocycles. The molecule has 11 heteroatoms. The van der Waals surface area contributed by atoms with Crippen LogP contribution in [0.25, 0.3) is 22.3 Å². The number of carbonyl (C=O) groups is 2. The Labute approximate surface area is 242 Å². The monoisotopic (exact) mass is 522 g/mol. The number of ketones is 1. The SMILES string of the molecule is COc1cc(C(=O)N2CCC3(CC2)CC(=O)c2cc(-c4nn[nH]n4)ccc2O3)cc2c1ccn2C1CC1.[H-].[Na+]. The summed E-state index contributed by atoms with van der Waals surface area (Å²) in [5.74, 6) is 1.72. The summed E-state index contributed by atoms with van der Waals surface area (Å²) >= 11 is 0. The van der Waals surface area contributed by atoms with Crippen LogP contribution < -0.4 is 39.0 Å². The molecule has 1 N–H and O–H groups in total. The molecule has 4 heterocycles. The van der Waals surface area contributed by atoms with Crippen molar-refractivity contribution in [2.24, 2.45) is 0 Å². The van der Waals surface area contributed by atoms with E-state index >= 15 is 0 Å². The van der Waals surface area contributed by atoms with Crippen LogP contribution in [0.15, 0.2) is 42.6 Å². The van der Waals surface area contributed by atoms with E-state index in [0.29, 0.717) is 66.0 Å². The molecule has 10 nitrogen and oxygen atoms in total. The molecule has 4 aromatic rings. The van der Waals surface area contributed by atoms with E-state index in [1.165, 1.54) is 12.8 Å². The number of H-pyrrole nitrogens is 1. The van der Waals surface area contributed by atoms with Crippen LogP contribution in [0.2, 0.25) is 0 Å². The molecule has 2 aromatic heterocycles. The van der Waals surface area contributed by atoms with Crippen molar-refractivity contribution >= 4 is 22.6 Å². The molecule has 1 amide bonds. The Kier molecular flexibility index (Phi) is 6.28. The maximum atomic E-state index is 13.5. The number of amides is 1. The van der Waals surface area contributed by atoms with Crippen molar-refractivity contribution in [3.8, 4) is 22.9 Å². The number of benzene rings is 2. The number of aromatic nitrogens is 5. The van der Waals surface area contributed by atoms with E-state index in [2.05, 4.69) is 37.5 Å². The van der Waals surface area contributed by atoms with Gasteiger partial charge in [0.15, 0.2) is 5.78 Å². The number of tetrazole rings is 1. The number of hydrogen-bond donors (Lipinski definition) is 1. The number of ether oxygens (including phenoxy) is 2. The van der Waals surface area contributed by atoms with Crippen molar-refractivity contribution in [2.45, 2.75) is 43.7 Å². The molecular weight excluding hydrogens is 495 g/mol. The summed E-state index contributed by atoms with van der Waals surface area (Å²) in [6.45, 7) is 1.04. The number of nitrogens with one attached hydrogen (secondary N) is 1. The van der Waals surface area contributed by atoms with E-state index < -0.39 is 5.60 Å². The predicted molar refractivity (Wildman–Crippen MR) is 135 cm³/mol. The topological polar surface area (TPSA) is 115 Å². The minimum absolute atomic E-state index is 0. The third-order valence-corrected chi connectivity index (χ3v) is 7.86. The fraction of sp³-hybridized carbons (Fsp3) is 0.370. The Bertz CT molecular complexity index is 1540. The normalized spacial score (nSPS) is 18.1. The minimum atomic E-state index is -0.600. The van der Waals surface area contributed by atoms with Crippen molar-refractivity contribution in [1.29, 1.82) is 0 Å². The molecule has 0 radical (unpaired) electrons. The van der Waals surface area contributed by atoms with Gasteiger partial charge in [-0.05, 0) is 54.5 Å². The summed E-state index contributed by atoms with van der Waals surface area (Å²) in [7, 11) is 1.64. The van der Waals surface area contributed by atoms with Gasteiger partial charge in [0, 0.05) is 54.7 Å². The van der Waals surface area contributed by atoms with E-state index in [-0.39, 0.29) is 49.1 Å². The van der Waals surface area contributed by atoms with Crippen LogP contribution in [0.1, 0.15) is 60.3 Å². The molecule has 3 aliphatic rings. The molecule has 2 aliphatic heterocycles. The molecule has 1 saturated heterocycles. The van der Waals surface area contributed by atoms with Gasteiger partial charge in [-0.15, -0.1) is 10.2 Å². The zero-order valence-corrected chi connectivity index (χ0v) is 23.4. The number of Topliss-reactive ketones (excluding diaryl/α,β-unsaturated/α-hetero) is 1. The molecule has 1 aliphatic carbocycles. The summed E-state index contributed by atoms with van der Waals surface area (Å²) in [6.07, 6.45) is 5.89. The fourth-order valence-corrected chi connectivity index (χ4v) is 5.69. The van der Waals surface area contributed by atoms with Crippen LogP contribution in [0, 0.1) is 0 Å². The van der Waals surface area contributed by atoms with Crippen LogP contribution >= 0.6 is 0 Å². The number of aromatic amines is 1. The number of nitrogens with zero attached hydrogens (tertiary/aromatic N) is 5. The van der Waals surface area contributed by atoms with Gasteiger partial charge in [0.05, 0.1) is 24.6 Å². The van der Waals surface area contributed by atoms with Gasteiger partial charge in [0.25, 0.3) is 5.91 Å². The van der Waals surface area contributed by atoms with Crippen molar-refractivity contribution in [3.63, 3.8) is 0 Å². The largest absolute Gasteiger partial charge is 1.00 e. The number of likely N-dealkylation sites (tertiary alicyclic amines) is 1. The van der Waals surface area contributed by atoms with Gasteiger partial charge in [0.2, 0.25) is 5.82 Å². The molecular formula is C27H27N6NaO4. The molecule has 2 fully saturated rings. The Morgan fingerprint density at radius 3 is 2.71 bits per heavy atom. The number of piperidine rings is 1. The van der Waals surface area contributed by atoms with Crippen molar-refractivity contribution in [2.75, 3.05) is 20.2 Å². The van der Waals surface area contributed by atoms with Crippen molar-refractivity contribution < 1.29 is 50.0 Å². The van der Waals surface area contributed by atoms with E-state index in [0.717, 1.165) is 10.9 Å². The Hall–Kier alpha value is -3.21. The van der Waals surface area contributed by atoms with E-state index in [9.17, 15) is 9.59 Å². The second-order valence-electron chi connectivity index (χ2n) is 10.2.